The molecule has 1 N–H and O–H groups in total. The summed E-state index contributed by atoms with van der Waals surface area (Å²) in [5, 5.41) is 2.90. The van der Waals surface area contributed by atoms with Crippen molar-refractivity contribution >= 4 is 21.6 Å². The van der Waals surface area contributed by atoms with Crippen LogP contribution in [0.3, 0.4) is 0 Å². The van der Waals surface area contributed by atoms with E-state index in [1.165, 1.54) is 0 Å². The van der Waals surface area contributed by atoms with Gasteiger partial charge in [0.25, 0.3) is 0 Å². The van der Waals surface area contributed by atoms with Crippen molar-refractivity contribution in [1.82, 2.24) is 5.32 Å². The first-order valence-electron chi connectivity index (χ1n) is 9.43. The van der Waals surface area contributed by atoms with Crippen LogP contribution in [0.25, 0.3) is 0 Å². The number of rotatable bonds is 6. The number of amides is 1. The highest BCUT2D eigenvalue weighted by Crippen LogP contribution is 2.35. The fourth-order valence-electron chi connectivity index (χ4n) is 3.25. The molecule has 0 radical (unpaired) electrons. The largest absolute Gasteiger partial charge is 0.486 e. The predicted octanol–water partition coefficient (Wildman–Crippen LogP) is 2.80. The molecule has 3 rings (SSSR count). The average Bonchev–Trinajstić information content (AvgIpc) is 2.67. The van der Waals surface area contributed by atoms with E-state index in [0.717, 1.165) is 21.7 Å². The number of nitrogens with one attached hydrogen (secondary N) is 1. The van der Waals surface area contributed by atoms with Crippen molar-refractivity contribution in [1.29, 1.82) is 0 Å². The van der Waals surface area contributed by atoms with Gasteiger partial charge in [0.2, 0.25) is 15.9 Å². The Kier molecular flexibility index (Phi) is 6.02. The number of carbonyl (C=O) groups excluding carboxylic acids is 1. The van der Waals surface area contributed by atoms with Gasteiger partial charge in [-0.1, -0.05) is 29.8 Å². The Labute approximate surface area is 171 Å². The Morgan fingerprint density at radius 1 is 1.03 bits per heavy atom. The number of nitrogens with zero attached hydrogens (tertiary/aromatic N) is 1. The maximum Gasteiger partial charge on any atom is 0.244 e. The molecule has 29 heavy (non-hydrogen) atoms. The van der Waals surface area contributed by atoms with Crippen LogP contribution in [0.2, 0.25) is 0 Å². The first kappa shape index (κ1) is 21.0. The number of carbonyl (C=O) groups is 1. The molecule has 1 heterocycles. The third kappa shape index (κ3) is 4.82. The smallest absolute Gasteiger partial charge is 0.244 e. The first-order valence-corrected chi connectivity index (χ1v) is 11.3. The van der Waals surface area contributed by atoms with Gasteiger partial charge in [-0.05, 0) is 38.5 Å². The average molecular weight is 419 g/mol. The quantitative estimate of drug-likeness (QED) is 0.780. The van der Waals surface area contributed by atoms with Crippen LogP contribution in [0, 0.1) is 6.92 Å². The molecule has 2 atom stereocenters. The summed E-state index contributed by atoms with van der Waals surface area (Å²) in [7, 11) is -3.72. The maximum atomic E-state index is 12.9. The zero-order valence-corrected chi connectivity index (χ0v) is 17.8. The molecule has 8 heteroatoms. The van der Waals surface area contributed by atoms with Gasteiger partial charge in [0.05, 0.1) is 18.0 Å². The zero-order valence-electron chi connectivity index (χ0n) is 17.0. The van der Waals surface area contributed by atoms with Gasteiger partial charge in [-0.2, -0.15) is 0 Å². The molecule has 0 unspecified atom stereocenters. The van der Waals surface area contributed by atoms with Gasteiger partial charge in [-0.3, -0.25) is 9.10 Å². The highest BCUT2D eigenvalue weighted by atomic mass is 32.2. The number of hydrogen-bond acceptors (Lipinski definition) is 5. The van der Waals surface area contributed by atoms with Crippen LogP contribution in [-0.2, 0) is 14.8 Å². The van der Waals surface area contributed by atoms with E-state index in [9.17, 15) is 13.2 Å². The molecule has 1 aliphatic rings. The van der Waals surface area contributed by atoms with Crippen molar-refractivity contribution in [3.8, 4) is 11.5 Å². The van der Waals surface area contributed by atoms with Crippen molar-refractivity contribution in [3.63, 3.8) is 0 Å². The molecule has 1 aliphatic heterocycles. The lowest BCUT2D eigenvalue weighted by atomic mass is 10.1. The van der Waals surface area contributed by atoms with Crippen LogP contribution in [0.1, 0.15) is 31.0 Å². The van der Waals surface area contributed by atoms with Crippen molar-refractivity contribution in [3.05, 3.63) is 53.6 Å². The van der Waals surface area contributed by atoms with E-state index in [0.29, 0.717) is 30.4 Å². The Morgan fingerprint density at radius 3 is 2.28 bits per heavy atom. The van der Waals surface area contributed by atoms with Crippen molar-refractivity contribution in [2.45, 2.75) is 32.9 Å². The normalized spacial score (nSPS) is 15.3. The summed E-state index contributed by atoms with van der Waals surface area (Å²) in [6, 6.07) is 11.5. The van der Waals surface area contributed by atoms with Crippen LogP contribution < -0.4 is 19.1 Å². The topological polar surface area (TPSA) is 84.9 Å². The summed E-state index contributed by atoms with van der Waals surface area (Å²) in [6.45, 7) is 6.25. The minimum atomic E-state index is -3.72. The minimum absolute atomic E-state index is 0.257. The monoisotopic (exact) mass is 418 g/mol. The van der Waals surface area contributed by atoms with Gasteiger partial charge < -0.3 is 14.8 Å². The highest BCUT2D eigenvalue weighted by Gasteiger charge is 2.31. The molecular formula is C21H26N2O5S. The van der Waals surface area contributed by atoms with Crippen molar-refractivity contribution in [2.24, 2.45) is 0 Å². The second-order valence-electron chi connectivity index (χ2n) is 7.20. The summed E-state index contributed by atoms with van der Waals surface area (Å²) in [4.78, 5) is 12.9. The van der Waals surface area contributed by atoms with Gasteiger partial charge in [-0.25, -0.2) is 8.42 Å². The van der Waals surface area contributed by atoms with Gasteiger partial charge in [0.1, 0.15) is 19.3 Å². The SMILES string of the molecule is Cc1ccc([C@H](C)NC(=O)[C@H](C)N(c2ccc3c(c2)OCCO3)S(C)(=O)=O)cc1. The Morgan fingerprint density at radius 2 is 1.66 bits per heavy atom. The van der Waals surface area contributed by atoms with Crippen LogP contribution in [-0.4, -0.2) is 39.8 Å². The van der Waals surface area contributed by atoms with Gasteiger partial charge in [0.15, 0.2) is 11.5 Å². The molecule has 0 aromatic heterocycles. The number of sulfonamides is 1. The molecule has 0 saturated heterocycles. The fraction of sp³-hybridized carbons (Fsp3) is 0.381. The van der Waals surface area contributed by atoms with E-state index >= 15 is 0 Å². The maximum absolute atomic E-state index is 12.9. The molecule has 1 amide bonds. The summed E-state index contributed by atoms with van der Waals surface area (Å²) in [5.74, 6) is 0.625. The Balaban J connectivity index is 1.83. The fourth-order valence-corrected chi connectivity index (χ4v) is 4.42. The van der Waals surface area contributed by atoms with Crippen molar-refractivity contribution < 1.29 is 22.7 Å². The van der Waals surface area contributed by atoms with E-state index in [1.807, 2.05) is 38.1 Å². The molecule has 156 valence electrons. The zero-order chi connectivity index (χ0) is 21.2. The number of benzene rings is 2. The number of aryl methyl sites for hydroxylation is 1. The number of hydrogen-bond donors (Lipinski definition) is 1. The number of anilines is 1. The van der Waals surface area contributed by atoms with Gasteiger partial charge in [0, 0.05) is 6.07 Å². The molecule has 2 aromatic rings. The minimum Gasteiger partial charge on any atom is -0.486 e. The lowest BCUT2D eigenvalue weighted by Crippen LogP contribution is -2.48. The number of fused-ring (bicyclic) bond motifs is 1. The summed E-state index contributed by atoms with van der Waals surface area (Å²) < 4.78 is 37.2. The summed E-state index contributed by atoms with van der Waals surface area (Å²) >= 11 is 0. The lowest BCUT2D eigenvalue weighted by Gasteiger charge is -2.30. The first-order chi connectivity index (χ1) is 13.7. The lowest BCUT2D eigenvalue weighted by molar-refractivity contribution is -0.122. The van der Waals surface area contributed by atoms with Crippen molar-refractivity contribution in [2.75, 3.05) is 23.8 Å². The summed E-state index contributed by atoms with van der Waals surface area (Å²) in [5.41, 5.74) is 2.42. The standard InChI is InChI=1S/C21H26N2O5S/c1-14-5-7-17(8-6-14)15(2)22-21(24)16(3)23(29(4,25)26)18-9-10-19-20(13-18)28-12-11-27-19/h5-10,13,15-16H,11-12H2,1-4H3,(H,22,24)/t15-,16-/m0/s1. The molecule has 0 bridgehead atoms. The van der Waals surface area contributed by atoms with E-state index in [4.69, 9.17) is 9.47 Å². The Hall–Kier alpha value is -2.74. The third-order valence-corrected chi connectivity index (χ3v) is 6.05. The molecule has 0 aliphatic carbocycles. The highest BCUT2D eigenvalue weighted by molar-refractivity contribution is 7.92. The predicted molar refractivity (Wildman–Crippen MR) is 112 cm³/mol. The van der Waals surface area contributed by atoms with Gasteiger partial charge >= 0.3 is 0 Å². The summed E-state index contributed by atoms with van der Waals surface area (Å²) in [6.07, 6.45) is 1.08. The molecular weight excluding hydrogens is 392 g/mol. The molecule has 2 aromatic carbocycles. The molecule has 0 spiro atoms. The van der Waals surface area contributed by atoms with Crippen LogP contribution in [0.5, 0.6) is 11.5 Å². The molecule has 7 nitrogen and oxygen atoms in total. The van der Waals surface area contributed by atoms with E-state index in [2.05, 4.69) is 5.32 Å². The second-order valence-corrected chi connectivity index (χ2v) is 9.06. The van der Waals surface area contributed by atoms with E-state index < -0.39 is 22.0 Å². The molecule has 0 saturated carbocycles. The van der Waals surface area contributed by atoms with E-state index in [1.54, 1.807) is 25.1 Å². The second kappa shape index (κ2) is 8.32. The van der Waals surface area contributed by atoms with Crippen LogP contribution >= 0.6 is 0 Å². The number of ether oxygens (including phenoxy) is 2. The third-order valence-electron chi connectivity index (χ3n) is 4.80. The Bertz CT molecular complexity index is 989. The van der Waals surface area contributed by atoms with E-state index in [-0.39, 0.29) is 6.04 Å². The molecule has 0 fully saturated rings. The van der Waals surface area contributed by atoms with Crippen LogP contribution in [0.15, 0.2) is 42.5 Å². The van der Waals surface area contributed by atoms with Gasteiger partial charge in [-0.15, -0.1) is 0 Å². The van der Waals surface area contributed by atoms with Crippen LogP contribution in [0.4, 0.5) is 5.69 Å².